The third-order valence-corrected chi connectivity index (χ3v) is 11.1. The second kappa shape index (κ2) is 8.48. The van der Waals surface area contributed by atoms with Crippen LogP contribution in [0.25, 0.3) is 11.0 Å². The number of rotatable bonds is 5. The third kappa shape index (κ3) is 4.50. The number of piperidine rings is 1. The van der Waals surface area contributed by atoms with Crippen molar-refractivity contribution in [3.05, 3.63) is 24.0 Å². The Morgan fingerprint density at radius 2 is 1.79 bits per heavy atom. The van der Waals surface area contributed by atoms with E-state index in [-0.39, 0.29) is 53.8 Å². The molecule has 4 atom stereocenters. The van der Waals surface area contributed by atoms with Gasteiger partial charge in [-0.2, -0.15) is 26.3 Å². The molecule has 0 radical (unpaired) electrons. The highest BCUT2D eigenvalue weighted by atomic mass is 32.2. The Balaban J connectivity index is 1.21. The number of hydrogen-bond acceptors (Lipinski definition) is 6. The van der Waals surface area contributed by atoms with Gasteiger partial charge in [0.25, 0.3) is 0 Å². The number of alkyl halides is 6. The van der Waals surface area contributed by atoms with Gasteiger partial charge in [-0.15, -0.1) is 0 Å². The average molecular weight is 582 g/mol. The number of aliphatic hydroxyl groups is 1. The number of nitrogens with zero attached hydrogens (tertiary/aromatic N) is 2. The first-order valence-corrected chi connectivity index (χ1v) is 14.8. The summed E-state index contributed by atoms with van der Waals surface area (Å²) < 4.78 is 113. The van der Waals surface area contributed by atoms with Crippen molar-refractivity contribution >= 4 is 20.9 Å². The highest BCUT2D eigenvalue weighted by molar-refractivity contribution is 7.92. The number of ether oxygens (including phenoxy) is 1. The normalized spacial score (nSPS) is 36.5. The molecular weight excluding hydrogens is 552 g/mol. The molecule has 2 bridgehead atoms. The van der Waals surface area contributed by atoms with Gasteiger partial charge >= 0.3 is 12.4 Å². The van der Waals surface area contributed by atoms with Gasteiger partial charge in [-0.1, -0.05) is 0 Å². The van der Waals surface area contributed by atoms with Crippen molar-refractivity contribution in [3.63, 3.8) is 0 Å². The van der Waals surface area contributed by atoms with Gasteiger partial charge in [-0.05, 0) is 51.0 Å². The van der Waals surface area contributed by atoms with Crippen molar-refractivity contribution in [1.29, 1.82) is 0 Å². The van der Waals surface area contributed by atoms with E-state index in [9.17, 15) is 39.9 Å². The summed E-state index contributed by atoms with van der Waals surface area (Å²) in [6.45, 7) is 1.72. The Kier molecular flexibility index (Phi) is 5.90. The number of nitrogens with one attached hydrogen (secondary N) is 1. The summed E-state index contributed by atoms with van der Waals surface area (Å²) in [7, 11) is -3.27. The molecule has 0 unspecified atom stereocenters. The lowest BCUT2D eigenvalue weighted by molar-refractivity contribution is -0.180. The van der Waals surface area contributed by atoms with E-state index < -0.39 is 62.7 Å². The summed E-state index contributed by atoms with van der Waals surface area (Å²) in [6, 6.07) is 0.869. The quantitative estimate of drug-likeness (QED) is 0.513. The molecule has 5 fully saturated rings. The Bertz CT molecular complexity index is 1390. The zero-order valence-electron chi connectivity index (χ0n) is 21.0. The van der Waals surface area contributed by atoms with Gasteiger partial charge in [0.2, 0.25) is 0 Å². The topological polar surface area (TPSA) is 93.4 Å². The van der Waals surface area contributed by atoms with E-state index in [1.54, 1.807) is 0 Å². The van der Waals surface area contributed by atoms with Gasteiger partial charge in [0, 0.05) is 23.6 Å². The Hall–Kier alpha value is -2.06. The lowest BCUT2D eigenvalue weighted by atomic mass is 9.55. The zero-order chi connectivity index (χ0) is 28.2. The highest BCUT2D eigenvalue weighted by Gasteiger charge is 2.70. The Morgan fingerprint density at radius 1 is 1.10 bits per heavy atom. The first kappa shape index (κ1) is 27.1. The lowest BCUT2D eigenvalue weighted by Gasteiger charge is -2.55. The van der Waals surface area contributed by atoms with E-state index in [4.69, 9.17) is 4.74 Å². The van der Waals surface area contributed by atoms with Crippen molar-refractivity contribution in [2.24, 2.45) is 17.3 Å². The molecule has 3 saturated carbocycles. The molecule has 216 valence electrons. The van der Waals surface area contributed by atoms with Gasteiger partial charge in [-0.3, -0.25) is 0 Å². The molecule has 2 aromatic rings. The van der Waals surface area contributed by atoms with E-state index in [2.05, 4.69) is 10.3 Å². The second-order valence-corrected chi connectivity index (χ2v) is 14.2. The van der Waals surface area contributed by atoms with Crippen LogP contribution >= 0.6 is 0 Å². The van der Waals surface area contributed by atoms with Gasteiger partial charge in [0.15, 0.2) is 9.84 Å². The molecule has 5 aliphatic rings. The average Bonchev–Trinajstić information content (AvgIpc) is 3.46. The predicted octanol–water partition coefficient (Wildman–Crippen LogP) is 4.25. The number of halogens is 6. The van der Waals surface area contributed by atoms with Crippen LogP contribution in [-0.4, -0.2) is 65.0 Å². The van der Waals surface area contributed by atoms with Gasteiger partial charge in [0.05, 0.1) is 52.0 Å². The fourth-order valence-corrected chi connectivity index (χ4v) is 9.01. The first-order chi connectivity index (χ1) is 18.0. The monoisotopic (exact) mass is 581 g/mol. The van der Waals surface area contributed by atoms with Gasteiger partial charge < -0.3 is 19.7 Å². The van der Waals surface area contributed by atoms with Gasteiger partial charge in [0.1, 0.15) is 12.4 Å². The standard InChI is InChI=1S/C25H29F6N3O4S/c1-13-4-23(35,22-5-14(6-22)19(8-22)25(29,30)31)7-15(33-13)9-38-17-2-18(24(26,27)28)21-20(3-17)32-12-34(21)16-10-39(36,37)11-16/h2-3,12-16,19,33,35H,4-11H2,1H3/t13-,14?,15-,19+,22?,23-/m0/s1. The first-order valence-electron chi connectivity index (χ1n) is 12.9. The molecule has 3 aliphatic carbocycles. The second-order valence-electron chi connectivity index (χ2n) is 12.0. The number of fused-ring (bicyclic) bond motifs is 2. The molecule has 3 heterocycles. The van der Waals surface area contributed by atoms with Crippen molar-refractivity contribution < 1.29 is 44.6 Å². The maximum Gasteiger partial charge on any atom is 0.418 e. The van der Waals surface area contributed by atoms with Crippen LogP contribution in [-0.2, 0) is 16.0 Å². The predicted molar refractivity (Wildman–Crippen MR) is 128 cm³/mol. The van der Waals surface area contributed by atoms with Crippen molar-refractivity contribution in [2.45, 2.75) is 75.1 Å². The summed E-state index contributed by atoms with van der Waals surface area (Å²) in [5.41, 5.74) is -3.34. The maximum absolute atomic E-state index is 14.0. The summed E-state index contributed by atoms with van der Waals surface area (Å²) in [5, 5.41) is 14.9. The molecule has 39 heavy (non-hydrogen) atoms. The highest BCUT2D eigenvalue weighted by Crippen LogP contribution is 2.70. The van der Waals surface area contributed by atoms with Crippen LogP contribution in [0, 0.1) is 17.3 Å². The van der Waals surface area contributed by atoms with Crippen LogP contribution in [0.5, 0.6) is 5.75 Å². The Morgan fingerprint density at radius 3 is 2.38 bits per heavy atom. The lowest BCUT2D eigenvalue weighted by Crippen LogP contribution is -2.62. The smallest absolute Gasteiger partial charge is 0.418 e. The minimum atomic E-state index is -4.76. The SMILES string of the molecule is C[C@H]1C[C@@](O)(C23CC(C2)[C@H](C(F)(F)F)C3)C[C@@H](COc2cc(C(F)(F)F)c3c(c2)ncn3C2CS(=O)(=O)C2)N1. The van der Waals surface area contributed by atoms with Crippen LogP contribution in [0.4, 0.5) is 26.3 Å². The molecule has 0 amide bonds. The van der Waals surface area contributed by atoms with Crippen LogP contribution in [0.1, 0.15) is 50.6 Å². The molecule has 7 nitrogen and oxygen atoms in total. The summed E-state index contributed by atoms with van der Waals surface area (Å²) in [6.07, 6.45) is -6.88. The van der Waals surface area contributed by atoms with Crippen molar-refractivity contribution in [2.75, 3.05) is 18.1 Å². The minimum Gasteiger partial charge on any atom is -0.492 e. The molecule has 0 spiro atoms. The number of hydrogen-bond donors (Lipinski definition) is 2. The largest absolute Gasteiger partial charge is 0.492 e. The van der Waals surface area contributed by atoms with Crippen molar-refractivity contribution in [3.8, 4) is 5.75 Å². The summed E-state index contributed by atoms with van der Waals surface area (Å²) in [5.74, 6) is -2.48. The molecule has 2 aliphatic heterocycles. The molecule has 1 aromatic heterocycles. The van der Waals surface area contributed by atoms with Crippen molar-refractivity contribution in [1.82, 2.24) is 14.9 Å². The van der Waals surface area contributed by atoms with Gasteiger partial charge in [-0.25, -0.2) is 13.4 Å². The van der Waals surface area contributed by atoms with E-state index in [0.717, 1.165) is 6.07 Å². The molecule has 1 aromatic carbocycles. The van der Waals surface area contributed by atoms with E-state index >= 15 is 0 Å². The number of benzene rings is 1. The van der Waals surface area contributed by atoms with Crippen LogP contribution in [0.15, 0.2) is 18.5 Å². The van der Waals surface area contributed by atoms with Crippen LogP contribution in [0.2, 0.25) is 0 Å². The maximum atomic E-state index is 14.0. The van der Waals surface area contributed by atoms with E-state index in [1.807, 2.05) is 6.92 Å². The number of aromatic nitrogens is 2. The molecule has 7 rings (SSSR count). The number of imidazole rings is 1. The molecule has 14 heteroatoms. The Labute approximate surface area is 220 Å². The summed E-state index contributed by atoms with van der Waals surface area (Å²) in [4.78, 5) is 4.07. The van der Waals surface area contributed by atoms with Crippen LogP contribution < -0.4 is 10.1 Å². The van der Waals surface area contributed by atoms with E-state index in [0.29, 0.717) is 19.3 Å². The fourth-order valence-electron chi connectivity index (χ4n) is 7.61. The molecular formula is C25H29F6N3O4S. The fraction of sp³-hybridized carbons (Fsp3) is 0.720. The third-order valence-electron chi connectivity index (χ3n) is 9.33. The van der Waals surface area contributed by atoms with E-state index in [1.165, 1.54) is 17.0 Å². The summed E-state index contributed by atoms with van der Waals surface area (Å²) >= 11 is 0. The minimum absolute atomic E-state index is 0.00847. The van der Waals surface area contributed by atoms with Crippen LogP contribution in [0.3, 0.4) is 0 Å². The molecule has 2 saturated heterocycles. The molecule has 2 N–H and O–H groups in total. The number of sulfone groups is 1. The zero-order valence-corrected chi connectivity index (χ0v) is 21.8.